The second-order valence-electron chi connectivity index (χ2n) is 5.25. The largest absolute Gasteiger partial charge is 0.310 e. The van der Waals surface area contributed by atoms with E-state index in [0.717, 1.165) is 15.7 Å². The first-order valence-electron chi connectivity index (χ1n) is 7.78. The summed E-state index contributed by atoms with van der Waals surface area (Å²) in [5.41, 5.74) is 0.551. The number of hydrogen-bond donors (Lipinski definition) is 1. The summed E-state index contributed by atoms with van der Waals surface area (Å²) in [4.78, 5) is 25.1. The molecular weight excluding hydrogens is 392 g/mol. The molecule has 0 saturated carbocycles. The first-order chi connectivity index (χ1) is 12.6. The Morgan fingerprint density at radius 3 is 2.92 bits per heavy atom. The standard InChI is InChI=1S/C17H15ClN4O2S2/c1-2-25-17-21-20-16(26-17)19-14(23)13-7-4-8-22(15(13)24)10-11-5-3-6-12(18)9-11/h3-9H,2,10H2,1H3,(H,19,20,23). The highest BCUT2D eigenvalue weighted by Crippen LogP contribution is 2.25. The Morgan fingerprint density at radius 1 is 1.31 bits per heavy atom. The number of carbonyl (C=O) groups is 1. The third-order valence-electron chi connectivity index (χ3n) is 3.40. The lowest BCUT2D eigenvalue weighted by atomic mass is 10.2. The molecular formula is C17H15ClN4O2S2. The van der Waals surface area contributed by atoms with Crippen LogP contribution in [0.3, 0.4) is 0 Å². The van der Waals surface area contributed by atoms with Crippen LogP contribution in [-0.2, 0) is 6.54 Å². The number of carbonyl (C=O) groups excluding carboxylic acids is 1. The molecule has 26 heavy (non-hydrogen) atoms. The van der Waals surface area contributed by atoms with Gasteiger partial charge in [0.2, 0.25) is 5.13 Å². The van der Waals surface area contributed by atoms with Crippen molar-refractivity contribution in [3.63, 3.8) is 0 Å². The number of halogens is 1. The Morgan fingerprint density at radius 2 is 2.15 bits per heavy atom. The summed E-state index contributed by atoms with van der Waals surface area (Å²) in [7, 11) is 0. The number of thioether (sulfide) groups is 1. The van der Waals surface area contributed by atoms with Crippen molar-refractivity contribution >= 4 is 45.7 Å². The van der Waals surface area contributed by atoms with Crippen LogP contribution in [0.2, 0.25) is 5.02 Å². The molecule has 0 unspecified atom stereocenters. The van der Waals surface area contributed by atoms with Crippen LogP contribution in [0.5, 0.6) is 0 Å². The molecule has 0 spiro atoms. The summed E-state index contributed by atoms with van der Waals surface area (Å²) in [5.74, 6) is 0.370. The zero-order valence-electron chi connectivity index (χ0n) is 13.8. The molecule has 0 aliphatic heterocycles. The lowest BCUT2D eigenvalue weighted by Crippen LogP contribution is -2.29. The lowest BCUT2D eigenvalue weighted by molar-refractivity contribution is 0.102. The van der Waals surface area contributed by atoms with E-state index in [4.69, 9.17) is 11.6 Å². The minimum atomic E-state index is -0.500. The minimum Gasteiger partial charge on any atom is -0.310 e. The van der Waals surface area contributed by atoms with Gasteiger partial charge < -0.3 is 4.57 Å². The molecule has 1 aromatic carbocycles. The van der Waals surface area contributed by atoms with Gasteiger partial charge in [-0.05, 0) is 35.6 Å². The van der Waals surface area contributed by atoms with Crippen LogP contribution in [0, 0.1) is 0 Å². The maximum Gasteiger partial charge on any atom is 0.263 e. The van der Waals surface area contributed by atoms with Gasteiger partial charge in [0.15, 0.2) is 4.34 Å². The molecule has 9 heteroatoms. The van der Waals surface area contributed by atoms with Gasteiger partial charge >= 0.3 is 0 Å². The fourth-order valence-corrected chi connectivity index (χ4v) is 4.13. The fourth-order valence-electron chi connectivity index (χ4n) is 2.27. The first kappa shape index (κ1) is 18.6. The van der Waals surface area contributed by atoms with Crippen molar-refractivity contribution in [2.45, 2.75) is 17.8 Å². The maximum absolute atomic E-state index is 12.6. The number of anilines is 1. The highest BCUT2D eigenvalue weighted by Gasteiger charge is 2.15. The van der Waals surface area contributed by atoms with Gasteiger partial charge in [-0.1, -0.05) is 53.8 Å². The molecule has 0 atom stereocenters. The third-order valence-corrected chi connectivity index (χ3v) is 5.49. The van der Waals surface area contributed by atoms with Crippen LogP contribution < -0.4 is 10.9 Å². The summed E-state index contributed by atoms with van der Waals surface area (Å²) in [6.07, 6.45) is 1.64. The predicted molar refractivity (Wildman–Crippen MR) is 106 cm³/mol. The average molecular weight is 407 g/mol. The fraction of sp³-hybridized carbons (Fsp3) is 0.176. The third kappa shape index (κ3) is 4.51. The number of nitrogens with one attached hydrogen (secondary N) is 1. The zero-order chi connectivity index (χ0) is 18.5. The second kappa shape index (κ2) is 8.48. The van der Waals surface area contributed by atoms with Gasteiger partial charge in [0.1, 0.15) is 5.56 Å². The summed E-state index contributed by atoms with van der Waals surface area (Å²) in [5, 5.41) is 11.5. The van der Waals surface area contributed by atoms with Crippen LogP contribution in [-0.4, -0.2) is 26.4 Å². The Hall–Kier alpha value is -2.16. The van der Waals surface area contributed by atoms with Crippen molar-refractivity contribution < 1.29 is 4.79 Å². The highest BCUT2D eigenvalue weighted by atomic mass is 35.5. The van der Waals surface area contributed by atoms with Crippen molar-refractivity contribution in [3.05, 3.63) is 69.1 Å². The van der Waals surface area contributed by atoms with Gasteiger partial charge in [-0.2, -0.15) is 0 Å². The van der Waals surface area contributed by atoms with Crippen molar-refractivity contribution in [2.24, 2.45) is 0 Å². The number of benzene rings is 1. The molecule has 0 bridgehead atoms. The molecule has 0 aliphatic rings. The number of pyridine rings is 1. The summed E-state index contributed by atoms with van der Waals surface area (Å²) in [6, 6.07) is 10.4. The number of aromatic nitrogens is 3. The van der Waals surface area contributed by atoms with Gasteiger partial charge in [-0.15, -0.1) is 10.2 Å². The second-order valence-corrected chi connectivity index (χ2v) is 8.17. The van der Waals surface area contributed by atoms with E-state index in [1.54, 1.807) is 36.2 Å². The molecule has 134 valence electrons. The van der Waals surface area contributed by atoms with E-state index in [1.165, 1.54) is 22.0 Å². The van der Waals surface area contributed by atoms with Crippen molar-refractivity contribution in [2.75, 3.05) is 11.1 Å². The highest BCUT2D eigenvalue weighted by molar-refractivity contribution is 8.01. The Labute approximate surface area is 163 Å². The normalized spacial score (nSPS) is 10.7. The quantitative estimate of drug-likeness (QED) is 0.498. The van der Waals surface area contributed by atoms with Gasteiger partial charge in [0.05, 0.1) is 6.54 Å². The van der Waals surface area contributed by atoms with Crippen LogP contribution in [0.15, 0.2) is 51.7 Å². The molecule has 6 nitrogen and oxygen atoms in total. The molecule has 0 saturated heterocycles. The topological polar surface area (TPSA) is 76.9 Å². The minimum absolute atomic E-state index is 0.0504. The van der Waals surface area contributed by atoms with E-state index in [1.807, 2.05) is 19.1 Å². The van der Waals surface area contributed by atoms with E-state index < -0.39 is 5.91 Å². The number of hydrogen-bond acceptors (Lipinski definition) is 6. The van der Waals surface area contributed by atoms with Crippen molar-refractivity contribution in [3.8, 4) is 0 Å². The van der Waals surface area contributed by atoms with Gasteiger partial charge in [-0.25, -0.2) is 0 Å². The monoisotopic (exact) mass is 406 g/mol. The molecule has 0 radical (unpaired) electrons. The molecule has 1 amide bonds. The number of amides is 1. The zero-order valence-corrected chi connectivity index (χ0v) is 16.2. The summed E-state index contributed by atoms with van der Waals surface area (Å²) in [6.45, 7) is 2.34. The SMILES string of the molecule is CCSc1nnc(NC(=O)c2cccn(Cc3cccc(Cl)c3)c2=O)s1. The Bertz CT molecular complexity index is 987. The van der Waals surface area contributed by atoms with Gasteiger partial charge in [0, 0.05) is 11.2 Å². The Kier molecular flexibility index (Phi) is 6.08. The average Bonchev–Trinajstić information content (AvgIpc) is 3.04. The van der Waals surface area contributed by atoms with Crippen molar-refractivity contribution in [1.29, 1.82) is 0 Å². The molecule has 1 N–H and O–H groups in total. The van der Waals surface area contributed by atoms with Crippen LogP contribution >= 0.6 is 34.7 Å². The van der Waals surface area contributed by atoms with E-state index in [2.05, 4.69) is 15.5 Å². The predicted octanol–water partition coefficient (Wildman–Crippen LogP) is 3.77. The van der Waals surface area contributed by atoms with E-state index in [0.29, 0.717) is 16.7 Å². The van der Waals surface area contributed by atoms with Crippen molar-refractivity contribution in [1.82, 2.24) is 14.8 Å². The molecule has 0 fully saturated rings. The smallest absolute Gasteiger partial charge is 0.263 e. The van der Waals surface area contributed by atoms with E-state index in [-0.39, 0.29) is 11.1 Å². The van der Waals surface area contributed by atoms with E-state index >= 15 is 0 Å². The number of rotatable bonds is 6. The van der Waals surface area contributed by atoms with Crippen LogP contribution in [0.4, 0.5) is 5.13 Å². The number of nitrogens with zero attached hydrogens (tertiary/aromatic N) is 3. The molecule has 2 heterocycles. The Balaban J connectivity index is 1.79. The molecule has 2 aromatic heterocycles. The molecule has 3 rings (SSSR count). The van der Waals surface area contributed by atoms with Gasteiger partial charge in [-0.3, -0.25) is 14.9 Å². The maximum atomic E-state index is 12.6. The van der Waals surface area contributed by atoms with Crippen LogP contribution in [0.25, 0.3) is 0 Å². The summed E-state index contributed by atoms with van der Waals surface area (Å²) < 4.78 is 2.24. The van der Waals surface area contributed by atoms with Gasteiger partial charge in [0.25, 0.3) is 11.5 Å². The van der Waals surface area contributed by atoms with Crippen LogP contribution in [0.1, 0.15) is 22.8 Å². The molecule has 0 aliphatic carbocycles. The summed E-state index contributed by atoms with van der Waals surface area (Å²) >= 11 is 8.81. The molecule has 3 aromatic rings. The first-order valence-corrected chi connectivity index (χ1v) is 9.96. The van der Waals surface area contributed by atoms with E-state index in [9.17, 15) is 9.59 Å². The lowest BCUT2D eigenvalue weighted by Gasteiger charge is -2.08.